The zero-order valence-electron chi connectivity index (χ0n) is 11.4. The first-order chi connectivity index (χ1) is 8.12. The monoisotopic (exact) mass is 291 g/mol. The Balaban J connectivity index is 0.00000289. The normalized spacial score (nSPS) is 11.6. The largest absolute Gasteiger partial charge is 0.496 e. The first-order valence-corrected chi connectivity index (χ1v) is 6.74. The van der Waals surface area contributed by atoms with E-state index < -0.39 is 0 Å². The topological polar surface area (TPSA) is 44.5 Å². The highest BCUT2D eigenvalue weighted by Gasteiger charge is 2.14. The van der Waals surface area contributed by atoms with Crippen LogP contribution in [0.15, 0.2) is 17.0 Å². The maximum absolute atomic E-state index is 5.85. The number of hydrogen-bond acceptors (Lipinski definition) is 4. The van der Waals surface area contributed by atoms with E-state index in [0.717, 1.165) is 34.1 Å². The van der Waals surface area contributed by atoms with Crippen LogP contribution in [0.2, 0.25) is 0 Å². The Morgan fingerprint density at radius 2 is 1.72 bits per heavy atom. The Bertz CT molecular complexity index is 347. The number of halogens is 1. The van der Waals surface area contributed by atoms with Crippen LogP contribution in [0.1, 0.15) is 19.4 Å². The lowest BCUT2D eigenvalue weighted by molar-refractivity contribution is 0.381. The standard InChI is InChI=1S/C13H21NO2S.ClH/c1-5-17-10-7-12(15-3)11(6-9(2)14)13(8-10)16-4;/h7-9H,5-6,14H2,1-4H3;1H. The molecule has 0 aliphatic rings. The summed E-state index contributed by atoms with van der Waals surface area (Å²) in [6.45, 7) is 4.10. The first-order valence-electron chi connectivity index (χ1n) is 5.75. The fourth-order valence-corrected chi connectivity index (χ4v) is 2.45. The van der Waals surface area contributed by atoms with E-state index in [0.29, 0.717) is 0 Å². The lowest BCUT2D eigenvalue weighted by Crippen LogP contribution is -2.18. The Labute approximate surface area is 120 Å². The maximum Gasteiger partial charge on any atom is 0.126 e. The van der Waals surface area contributed by atoms with E-state index in [9.17, 15) is 0 Å². The van der Waals surface area contributed by atoms with E-state index in [2.05, 4.69) is 19.1 Å². The van der Waals surface area contributed by atoms with Gasteiger partial charge in [0.15, 0.2) is 0 Å². The van der Waals surface area contributed by atoms with Crippen LogP contribution in [-0.4, -0.2) is 26.0 Å². The van der Waals surface area contributed by atoms with Crippen LogP contribution >= 0.6 is 24.2 Å². The van der Waals surface area contributed by atoms with Gasteiger partial charge in [0.05, 0.1) is 14.2 Å². The van der Waals surface area contributed by atoms with Crippen LogP contribution in [0.3, 0.4) is 0 Å². The van der Waals surface area contributed by atoms with Gasteiger partial charge in [0.25, 0.3) is 0 Å². The second kappa shape index (κ2) is 8.51. The molecule has 1 aromatic carbocycles. The summed E-state index contributed by atoms with van der Waals surface area (Å²) in [6, 6.07) is 4.19. The van der Waals surface area contributed by atoms with Crippen LogP contribution in [0, 0.1) is 0 Å². The number of ether oxygens (including phenoxy) is 2. The van der Waals surface area contributed by atoms with Gasteiger partial charge in [-0.25, -0.2) is 0 Å². The van der Waals surface area contributed by atoms with Gasteiger partial charge in [-0.15, -0.1) is 24.2 Å². The molecule has 18 heavy (non-hydrogen) atoms. The molecule has 0 heterocycles. The number of thioether (sulfide) groups is 1. The molecule has 1 atom stereocenters. The summed E-state index contributed by atoms with van der Waals surface area (Å²) in [6.07, 6.45) is 0.753. The number of benzene rings is 1. The van der Waals surface area contributed by atoms with E-state index in [1.807, 2.05) is 6.92 Å². The summed E-state index contributed by atoms with van der Waals surface area (Å²) in [7, 11) is 3.36. The molecule has 0 saturated carbocycles. The first kappa shape index (κ1) is 17.4. The van der Waals surface area contributed by atoms with E-state index >= 15 is 0 Å². The third-order valence-corrected chi connectivity index (χ3v) is 3.28. The SMILES string of the molecule is CCSc1cc(OC)c(CC(C)N)c(OC)c1.Cl. The smallest absolute Gasteiger partial charge is 0.126 e. The van der Waals surface area contributed by atoms with Gasteiger partial charge in [0.1, 0.15) is 11.5 Å². The predicted molar refractivity (Wildman–Crippen MR) is 80.5 cm³/mol. The molecule has 1 unspecified atom stereocenters. The van der Waals surface area contributed by atoms with Crippen molar-refractivity contribution >= 4 is 24.2 Å². The van der Waals surface area contributed by atoms with Crippen molar-refractivity contribution in [3.63, 3.8) is 0 Å². The maximum atomic E-state index is 5.85. The van der Waals surface area contributed by atoms with E-state index in [1.54, 1.807) is 26.0 Å². The number of hydrogen-bond donors (Lipinski definition) is 1. The van der Waals surface area contributed by atoms with Crippen molar-refractivity contribution in [1.29, 1.82) is 0 Å². The Morgan fingerprint density at radius 3 is 2.06 bits per heavy atom. The number of nitrogens with two attached hydrogens (primary N) is 1. The minimum Gasteiger partial charge on any atom is -0.496 e. The lowest BCUT2D eigenvalue weighted by Gasteiger charge is -2.16. The van der Waals surface area contributed by atoms with Crippen molar-refractivity contribution in [2.24, 2.45) is 5.73 Å². The second-order valence-corrected chi connectivity index (χ2v) is 5.26. The molecule has 1 aromatic rings. The number of methoxy groups -OCH3 is 2. The van der Waals surface area contributed by atoms with Gasteiger partial charge in [0.2, 0.25) is 0 Å². The fourth-order valence-electron chi connectivity index (χ4n) is 1.73. The molecular weight excluding hydrogens is 270 g/mol. The second-order valence-electron chi connectivity index (χ2n) is 3.92. The predicted octanol–water partition coefficient (Wildman–Crippen LogP) is 3.13. The van der Waals surface area contributed by atoms with Crippen molar-refractivity contribution < 1.29 is 9.47 Å². The van der Waals surface area contributed by atoms with Gasteiger partial charge in [-0.2, -0.15) is 0 Å². The highest BCUT2D eigenvalue weighted by molar-refractivity contribution is 7.99. The van der Waals surface area contributed by atoms with Gasteiger partial charge in [0, 0.05) is 16.5 Å². The van der Waals surface area contributed by atoms with E-state index in [4.69, 9.17) is 15.2 Å². The van der Waals surface area contributed by atoms with Gasteiger partial charge in [-0.1, -0.05) is 6.92 Å². The van der Waals surface area contributed by atoms with Crippen molar-refractivity contribution in [1.82, 2.24) is 0 Å². The van der Waals surface area contributed by atoms with E-state index in [1.165, 1.54) is 0 Å². The number of rotatable bonds is 6. The molecule has 1 rings (SSSR count). The van der Waals surface area contributed by atoms with Crippen molar-refractivity contribution in [2.45, 2.75) is 31.2 Å². The van der Waals surface area contributed by atoms with Crippen molar-refractivity contribution in [3.8, 4) is 11.5 Å². The molecule has 0 saturated heterocycles. The summed E-state index contributed by atoms with van der Waals surface area (Å²) in [5.41, 5.74) is 6.90. The van der Waals surface area contributed by atoms with Crippen molar-refractivity contribution in [2.75, 3.05) is 20.0 Å². The summed E-state index contributed by atoms with van der Waals surface area (Å²) in [5.74, 6) is 2.74. The van der Waals surface area contributed by atoms with Gasteiger partial charge in [-0.3, -0.25) is 0 Å². The van der Waals surface area contributed by atoms with Crippen LogP contribution < -0.4 is 15.2 Å². The summed E-state index contributed by atoms with van der Waals surface area (Å²) < 4.78 is 10.9. The summed E-state index contributed by atoms with van der Waals surface area (Å²) in [5, 5.41) is 0. The van der Waals surface area contributed by atoms with Crippen molar-refractivity contribution in [3.05, 3.63) is 17.7 Å². The van der Waals surface area contributed by atoms with Gasteiger partial charge < -0.3 is 15.2 Å². The fraction of sp³-hybridized carbons (Fsp3) is 0.538. The molecule has 0 amide bonds. The lowest BCUT2D eigenvalue weighted by atomic mass is 10.1. The minimum atomic E-state index is 0. The van der Waals surface area contributed by atoms with Gasteiger partial charge >= 0.3 is 0 Å². The Hall–Kier alpha value is -0.580. The molecule has 2 N–H and O–H groups in total. The minimum absolute atomic E-state index is 0. The van der Waals surface area contributed by atoms with Crippen LogP contribution in [0.4, 0.5) is 0 Å². The average molecular weight is 292 g/mol. The molecule has 104 valence electrons. The van der Waals surface area contributed by atoms with Gasteiger partial charge in [-0.05, 0) is 31.2 Å². The molecule has 0 bridgehead atoms. The molecule has 5 heteroatoms. The molecule has 0 aromatic heterocycles. The summed E-state index contributed by atoms with van der Waals surface area (Å²) >= 11 is 1.77. The Kier molecular flexibility index (Phi) is 8.24. The van der Waals surface area contributed by atoms with E-state index in [-0.39, 0.29) is 18.4 Å². The molecule has 0 fully saturated rings. The molecule has 0 aliphatic carbocycles. The molecule has 3 nitrogen and oxygen atoms in total. The summed E-state index contributed by atoms with van der Waals surface area (Å²) in [4.78, 5) is 1.16. The zero-order valence-corrected chi connectivity index (χ0v) is 13.0. The zero-order chi connectivity index (χ0) is 12.8. The Morgan fingerprint density at radius 1 is 1.22 bits per heavy atom. The average Bonchev–Trinajstić information content (AvgIpc) is 2.30. The van der Waals surface area contributed by atoms with Crippen LogP contribution in [0.25, 0.3) is 0 Å². The highest BCUT2D eigenvalue weighted by Crippen LogP contribution is 2.35. The highest BCUT2D eigenvalue weighted by atomic mass is 35.5. The molecule has 0 radical (unpaired) electrons. The molecule has 0 spiro atoms. The third-order valence-electron chi connectivity index (χ3n) is 2.42. The molecular formula is C13H22ClNO2S. The third kappa shape index (κ3) is 4.59. The van der Waals surface area contributed by atoms with Crippen LogP contribution in [0.5, 0.6) is 11.5 Å². The quantitative estimate of drug-likeness (QED) is 0.818. The molecule has 0 aliphatic heterocycles. The van der Waals surface area contributed by atoms with Crippen LogP contribution in [-0.2, 0) is 6.42 Å².